The Kier molecular flexibility index (Phi) is 4.92. The summed E-state index contributed by atoms with van der Waals surface area (Å²) in [6, 6.07) is 9.32. The van der Waals surface area contributed by atoms with E-state index < -0.39 is 0 Å². The van der Waals surface area contributed by atoms with Crippen molar-refractivity contribution in [2.24, 2.45) is 0 Å². The summed E-state index contributed by atoms with van der Waals surface area (Å²) in [4.78, 5) is 20.4. The largest absolute Gasteiger partial charge is 0.352 e. The zero-order chi connectivity index (χ0) is 13.5. The maximum absolute atomic E-state index is 12.0. The third kappa shape index (κ3) is 3.79. The summed E-state index contributed by atoms with van der Waals surface area (Å²) in [6.07, 6.45) is 6.08. The van der Waals surface area contributed by atoms with Gasteiger partial charge >= 0.3 is 0 Å². The summed E-state index contributed by atoms with van der Waals surface area (Å²) >= 11 is 1.47. The number of amides is 1. The monoisotopic (exact) mass is 273 g/mol. The first-order chi connectivity index (χ1) is 9.31. The third-order valence-corrected chi connectivity index (χ3v) is 3.31. The second kappa shape index (κ2) is 6.89. The van der Waals surface area contributed by atoms with Crippen LogP contribution in [0.3, 0.4) is 0 Å². The van der Waals surface area contributed by atoms with Crippen LogP contribution in [0.25, 0.3) is 0 Å². The molecule has 0 saturated heterocycles. The quantitative estimate of drug-likeness (QED) is 0.848. The molecule has 0 aromatic carbocycles. The maximum atomic E-state index is 12.0. The number of thioether (sulfide) groups is 1. The highest BCUT2D eigenvalue weighted by Gasteiger charge is 2.10. The van der Waals surface area contributed by atoms with Gasteiger partial charge in [-0.15, -0.1) is 11.8 Å². The van der Waals surface area contributed by atoms with Crippen LogP contribution in [-0.2, 0) is 6.42 Å². The fourth-order valence-electron chi connectivity index (χ4n) is 1.67. The second-order valence-electron chi connectivity index (χ2n) is 3.89. The molecule has 1 amide bonds. The smallest absolute Gasteiger partial charge is 0.254 e. The van der Waals surface area contributed by atoms with E-state index >= 15 is 0 Å². The predicted octanol–water partition coefficient (Wildman–Crippen LogP) is 2.17. The van der Waals surface area contributed by atoms with Crippen molar-refractivity contribution >= 4 is 17.7 Å². The number of rotatable bonds is 5. The van der Waals surface area contributed by atoms with Crippen LogP contribution in [0.5, 0.6) is 0 Å². The van der Waals surface area contributed by atoms with E-state index in [0.29, 0.717) is 12.1 Å². The average molecular weight is 273 g/mol. The molecule has 1 N–H and O–H groups in total. The van der Waals surface area contributed by atoms with E-state index in [1.807, 2.05) is 24.5 Å². The molecule has 0 atom stereocenters. The van der Waals surface area contributed by atoms with Crippen molar-refractivity contribution in [3.05, 3.63) is 54.0 Å². The number of carbonyl (C=O) groups is 1. The Hall–Kier alpha value is -1.88. The van der Waals surface area contributed by atoms with Gasteiger partial charge in [-0.3, -0.25) is 9.78 Å². The molecular formula is C14H15N3OS. The number of pyridine rings is 2. The molecule has 19 heavy (non-hydrogen) atoms. The van der Waals surface area contributed by atoms with Crippen LogP contribution in [0.4, 0.5) is 0 Å². The van der Waals surface area contributed by atoms with Gasteiger partial charge in [0.1, 0.15) is 5.03 Å². The topological polar surface area (TPSA) is 54.9 Å². The Bertz CT molecular complexity index is 545. The summed E-state index contributed by atoms with van der Waals surface area (Å²) in [6.45, 7) is 0.568. The maximum Gasteiger partial charge on any atom is 0.254 e. The van der Waals surface area contributed by atoms with Gasteiger partial charge in [-0.05, 0) is 30.5 Å². The number of nitrogens with zero attached hydrogens (tertiary/aromatic N) is 2. The lowest BCUT2D eigenvalue weighted by Gasteiger charge is -2.07. The Morgan fingerprint density at radius 1 is 1.21 bits per heavy atom. The highest BCUT2D eigenvalue weighted by Crippen LogP contribution is 2.16. The lowest BCUT2D eigenvalue weighted by molar-refractivity contribution is 0.0950. The van der Waals surface area contributed by atoms with Gasteiger partial charge in [0, 0.05) is 31.1 Å². The molecular weight excluding hydrogens is 258 g/mol. The van der Waals surface area contributed by atoms with Crippen molar-refractivity contribution in [1.82, 2.24) is 15.3 Å². The van der Waals surface area contributed by atoms with Gasteiger partial charge in [-0.25, -0.2) is 4.98 Å². The van der Waals surface area contributed by atoms with E-state index in [4.69, 9.17) is 0 Å². The molecule has 2 heterocycles. The first kappa shape index (κ1) is 13.5. The first-order valence-corrected chi connectivity index (χ1v) is 7.21. The minimum absolute atomic E-state index is 0.0895. The van der Waals surface area contributed by atoms with E-state index in [9.17, 15) is 4.79 Å². The summed E-state index contributed by atoms with van der Waals surface area (Å²) in [7, 11) is 0. The molecule has 0 aliphatic heterocycles. The standard InChI is InChI=1S/C14H15N3OS/c1-19-14-12(6-4-9-17-14)13(18)16-10-7-11-5-2-3-8-15-11/h2-6,8-9H,7,10H2,1H3,(H,16,18). The normalized spacial score (nSPS) is 10.2. The van der Waals surface area contributed by atoms with Crippen LogP contribution in [-0.4, -0.2) is 28.7 Å². The predicted molar refractivity (Wildman–Crippen MR) is 76.3 cm³/mol. The van der Waals surface area contributed by atoms with Gasteiger partial charge in [0.05, 0.1) is 5.56 Å². The van der Waals surface area contributed by atoms with Crippen molar-refractivity contribution in [1.29, 1.82) is 0 Å². The molecule has 0 fully saturated rings. The molecule has 0 spiro atoms. The molecule has 0 unspecified atom stereocenters. The zero-order valence-corrected chi connectivity index (χ0v) is 11.5. The van der Waals surface area contributed by atoms with Crippen LogP contribution in [0.2, 0.25) is 0 Å². The number of aromatic nitrogens is 2. The van der Waals surface area contributed by atoms with Crippen LogP contribution < -0.4 is 5.32 Å². The van der Waals surface area contributed by atoms with Crippen molar-refractivity contribution < 1.29 is 4.79 Å². The molecule has 0 saturated carbocycles. The average Bonchev–Trinajstić information content (AvgIpc) is 2.48. The fourth-order valence-corrected chi connectivity index (χ4v) is 2.22. The lowest BCUT2D eigenvalue weighted by atomic mass is 10.2. The van der Waals surface area contributed by atoms with Gasteiger partial charge in [-0.2, -0.15) is 0 Å². The van der Waals surface area contributed by atoms with E-state index in [2.05, 4.69) is 15.3 Å². The van der Waals surface area contributed by atoms with Gasteiger partial charge in [-0.1, -0.05) is 6.07 Å². The summed E-state index contributed by atoms with van der Waals surface area (Å²) in [5, 5.41) is 3.64. The third-order valence-electron chi connectivity index (χ3n) is 2.60. The van der Waals surface area contributed by atoms with Gasteiger partial charge in [0.15, 0.2) is 0 Å². The minimum Gasteiger partial charge on any atom is -0.352 e. The summed E-state index contributed by atoms with van der Waals surface area (Å²) in [5.74, 6) is -0.0895. The van der Waals surface area contributed by atoms with Crippen LogP contribution in [0.15, 0.2) is 47.8 Å². The van der Waals surface area contributed by atoms with Gasteiger partial charge in [0.2, 0.25) is 0 Å². The molecule has 0 aliphatic carbocycles. The fraction of sp³-hybridized carbons (Fsp3) is 0.214. The highest BCUT2D eigenvalue weighted by atomic mass is 32.2. The molecule has 0 bridgehead atoms. The number of hydrogen-bond acceptors (Lipinski definition) is 4. The van der Waals surface area contributed by atoms with E-state index in [1.165, 1.54) is 11.8 Å². The van der Waals surface area contributed by atoms with Crippen LogP contribution >= 0.6 is 11.8 Å². The summed E-state index contributed by atoms with van der Waals surface area (Å²) in [5.41, 5.74) is 1.59. The second-order valence-corrected chi connectivity index (χ2v) is 4.68. The Labute approximate surface area is 116 Å². The van der Waals surface area contributed by atoms with E-state index in [1.54, 1.807) is 24.5 Å². The molecule has 98 valence electrons. The lowest BCUT2D eigenvalue weighted by Crippen LogP contribution is -2.26. The van der Waals surface area contributed by atoms with Crippen LogP contribution in [0.1, 0.15) is 16.1 Å². The van der Waals surface area contributed by atoms with E-state index in [0.717, 1.165) is 17.1 Å². The number of hydrogen-bond donors (Lipinski definition) is 1. The van der Waals surface area contributed by atoms with E-state index in [-0.39, 0.29) is 5.91 Å². The molecule has 2 aromatic rings. The van der Waals surface area contributed by atoms with Crippen molar-refractivity contribution in [2.45, 2.75) is 11.4 Å². The SMILES string of the molecule is CSc1ncccc1C(=O)NCCc1ccccn1. The number of carbonyl (C=O) groups excluding carboxylic acids is 1. The van der Waals surface area contributed by atoms with Gasteiger partial charge < -0.3 is 5.32 Å². The molecule has 5 heteroatoms. The van der Waals surface area contributed by atoms with Crippen molar-refractivity contribution in [2.75, 3.05) is 12.8 Å². The van der Waals surface area contributed by atoms with Crippen molar-refractivity contribution in [3.8, 4) is 0 Å². The molecule has 2 aromatic heterocycles. The zero-order valence-electron chi connectivity index (χ0n) is 10.7. The first-order valence-electron chi connectivity index (χ1n) is 5.98. The minimum atomic E-state index is -0.0895. The molecule has 2 rings (SSSR count). The number of nitrogens with one attached hydrogen (secondary N) is 1. The summed E-state index contributed by atoms with van der Waals surface area (Å²) < 4.78 is 0. The Morgan fingerprint density at radius 3 is 2.79 bits per heavy atom. The Morgan fingerprint density at radius 2 is 2.05 bits per heavy atom. The molecule has 4 nitrogen and oxygen atoms in total. The molecule has 0 radical (unpaired) electrons. The molecule has 0 aliphatic rings. The highest BCUT2D eigenvalue weighted by molar-refractivity contribution is 7.98. The Balaban J connectivity index is 1.91. The van der Waals surface area contributed by atoms with Crippen molar-refractivity contribution in [3.63, 3.8) is 0 Å². The van der Waals surface area contributed by atoms with Gasteiger partial charge in [0.25, 0.3) is 5.91 Å². The van der Waals surface area contributed by atoms with Crippen LogP contribution in [0, 0.1) is 0 Å².